The molecule has 172 valence electrons. The Morgan fingerprint density at radius 2 is 1.75 bits per heavy atom. The van der Waals surface area contributed by atoms with Crippen molar-refractivity contribution >= 4 is 17.6 Å². The Kier molecular flexibility index (Phi) is 5.70. The van der Waals surface area contributed by atoms with Gasteiger partial charge in [-0.3, -0.25) is 9.69 Å². The van der Waals surface area contributed by atoms with Crippen molar-refractivity contribution in [2.75, 3.05) is 31.1 Å². The summed E-state index contributed by atoms with van der Waals surface area (Å²) in [7, 11) is 0. The van der Waals surface area contributed by atoms with E-state index in [1.54, 1.807) is 0 Å². The molecule has 1 amide bonds. The quantitative estimate of drug-likeness (QED) is 0.731. The van der Waals surface area contributed by atoms with E-state index in [9.17, 15) is 19.1 Å². The SMILES string of the molecule is O=C(O)C1=C(NC(=O)[C@H]2CC[C@@H](N3CCN(c4ccc(F)cc4)CC3)C2)CCC2(CC2)C1. The number of carboxylic acid groups (broad SMARTS) is 1. The minimum Gasteiger partial charge on any atom is -0.478 e. The van der Waals surface area contributed by atoms with Crippen LogP contribution in [0.15, 0.2) is 35.5 Å². The van der Waals surface area contributed by atoms with Gasteiger partial charge in [0.05, 0.1) is 5.57 Å². The highest BCUT2D eigenvalue weighted by molar-refractivity contribution is 5.90. The zero-order valence-electron chi connectivity index (χ0n) is 18.5. The number of aliphatic carboxylic acids is 1. The molecule has 1 spiro atoms. The van der Waals surface area contributed by atoms with Crippen LogP contribution in [0.25, 0.3) is 0 Å². The Hall–Kier alpha value is -2.41. The fraction of sp³-hybridized carbons (Fsp3) is 0.600. The first-order valence-corrected chi connectivity index (χ1v) is 11.9. The lowest BCUT2D eigenvalue weighted by molar-refractivity contribution is -0.133. The van der Waals surface area contributed by atoms with Crippen LogP contribution in [0.2, 0.25) is 0 Å². The highest BCUT2D eigenvalue weighted by Gasteiger charge is 2.47. The summed E-state index contributed by atoms with van der Waals surface area (Å²) in [5.74, 6) is -1.14. The number of rotatable bonds is 5. The third-order valence-electron chi connectivity index (χ3n) is 8.11. The van der Waals surface area contributed by atoms with E-state index in [1.807, 2.05) is 12.1 Å². The number of allylic oxidation sites excluding steroid dienone is 1. The van der Waals surface area contributed by atoms with E-state index in [-0.39, 0.29) is 23.1 Å². The molecule has 0 unspecified atom stereocenters. The van der Waals surface area contributed by atoms with Crippen molar-refractivity contribution in [3.63, 3.8) is 0 Å². The largest absolute Gasteiger partial charge is 0.478 e. The molecular formula is C25H32FN3O3. The molecule has 1 aromatic carbocycles. The number of hydrogen-bond acceptors (Lipinski definition) is 4. The van der Waals surface area contributed by atoms with Crippen molar-refractivity contribution in [3.8, 4) is 0 Å². The summed E-state index contributed by atoms with van der Waals surface area (Å²) in [6, 6.07) is 7.07. The molecule has 3 fully saturated rings. The van der Waals surface area contributed by atoms with Gasteiger partial charge in [-0.1, -0.05) is 0 Å². The van der Waals surface area contributed by atoms with Gasteiger partial charge < -0.3 is 15.3 Å². The maximum Gasteiger partial charge on any atom is 0.333 e. The van der Waals surface area contributed by atoms with Gasteiger partial charge in [-0.05, 0) is 81.0 Å². The third-order valence-corrected chi connectivity index (χ3v) is 8.11. The number of anilines is 1. The zero-order chi connectivity index (χ0) is 22.3. The fourth-order valence-electron chi connectivity index (χ4n) is 5.83. The van der Waals surface area contributed by atoms with Gasteiger partial charge in [-0.15, -0.1) is 0 Å². The van der Waals surface area contributed by atoms with Crippen LogP contribution in [0.5, 0.6) is 0 Å². The highest BCUT2D eigenvalue weighted by atomic mass is 19.1. The number of amides is 1. The van der Waals surface area contributed by atoms with Crippen molar-refractivity contribution in [2.24, 2.45) is 11.3 Å². The number of hydrogen-bond donors (Lipinski definition) is 2. The average molecular weight is 442 g/mol. The van der Waals surface area contributed by atoms with Crippen molar-refractivity contribution in [1.29, 1.82) is 0 Å². The predicted molar refractivity (Wildman–Crippen MR) is 120 cm³/mol. The Balaban J connectivity index is 1.14. The van der Waals surface area contributed by atoms with E-state index >= 15 is 0 Å². The van der Waals surface area contributed by atoms with Gasteiger partial charge in [0.15, 0.2) is 0 Å². The molecule has 1 heterocycles. The van der Waals surface area contributed by atoms with Crippen LogP contribution in [0.3, 0.4) is 0 Å². The minimum absolute atomic E-state index is 0.00190. The summed E-state index contributed by atoms with van der Waals surface area (Å²) in [6.07, 6.45) is 7.19. The van der Waals surface area contributed by atoms with Gasteiger partial charge in [0.2, 0.25) is 5.91 Å². The van der Waals surface area contributed by atoms with Gasteiger partial charge in [0.1, 0.15) is 5.82 Å². The molecule has 3 aliphatic carbocycles. The average Bonchev–Trinajstić information content (AvgIpc) is 3.35. The lowest BCUT2D eigenvalue weighted by atomic mass is 9.84. The lowest BCUT2D eigenvalue weighted by Gasteiger charge is -2.39. The van der Waals surface area contributed by atoms with Gasteiger partial charge >= 0.3 is 5.97 Å². The van der Waals surface area contributed by atoms with Gasteiger partial charge in [0, 0.05) is 49.5 Å². The third kappa shape index (κ3) is 4.40. The molecule has 1 aliphatic heterocycles. The van der Waals surface area contributed by atoms with Gasteiger partial charge in [0.25, 0.3) is 0 Å². The highest BCUT2D eigenvalue weighted by Crippen LogP contribution is 2.57. The van der Waals surface area contributed by atoms with E-state index in [1.165, 1.54) is 12.1 Å². The molecule has 0 radical (unpaired) electrons. The molecule has 1 aromatic rings. The standard InChI is InChI=1S/C25H32FN3O3/c26-18-2-5-19(6-3-18)28-11-13-29(14-12-28)20-4-1-17(15-20)23(30)27-22-7-8-25(9-10-25)16-21(22)24(31)32/h2-3,5-6,17,20H,1,4,7-16H2,(H,27,30)(H,31,32)/t17-,20+/m0/s1. The number of nitrogens with zero attached hydrogens (tertiary/aromatic N) is 2. The monoisotopic (exact) mass is 441 g/mol. The summed E-state index contributed by atoms with van der Waals surface area (Å²) in [5.41, 5.74) is 2.33. The molecular weight excluding hydrogens is 409 g/mol. The van der Waals surface area contributed by atoms with Gasteiger partial charge in [-0.2, -0.15) is 0 Å². The molecule has 1 saturated heterocycles. The second-order valence-corrected chi connectivity index (χ2v) is 10.1. The van der Waals surface area contributed by atoms with Crippen molar-refractivity contribution in [1.82, 2.24) is 10.2 Å². The fourth-order valence-corrected chi connectivity index (χ4v) is 5.83. The molecule has 5 rings (SSSR count). The van der Waals surface area contributed by atoms with Crippen LogP contribution in [0.4, 0.5) is 10.1 Å². The molecule has 0 aromatic heterocycles. The van der Waals surface area contributed by atoms with Gasteiger partial charge in [-0.25, -0.2) is 9.18 Å². The number of halogens is 1. The molecule has 0 bridgehead atoms. The zero-order valence-corrected chi connectivity index (χ0v) is 18.5. The molecule has 4 aliphatic rings. The summed E-state index contributed by atoms with van der Waals surface area (Å²) in [5, 5.41) is 12.7. The maximum absolute atomic E-state index is 13.2. The van der Waals surface area contributed by atoms with Crippen LogP contribution in [-0.4, -0.2) is 54.1 Å². The first-order valence-electron chi connectivity index (χ1n) is 11.9. The van der Waals surface area contributed by atoms with Crippen LogP contribution in [0.1, 0.15) is 51.4 Å². The van der Waals surface area contributed by atoms with E-state index in [2.05, 4.69) is 15.1 Å². The van der Waals surface area contributed by atoms with Crippen LogP contribution in [-0.2, 0) is 9.59 Å². The Labute approximate surface area is 188 Å². The minimum atomic E-state index is -0.880. The summed E-state index contributed by atoms with van der Waals surface area (Å²) in [4.78, 5) is 29.5. The number of benzene rings is 1. The number of carboxylic acids is 1. The number of nitrogens with one attached hydrogen (secondary N) is 1. The summed E-state index contributed by atoms with van der Waals surface area (Å²) < 4.78 is 13.2. The van der Waals surface area contributed by atoms with E-state index in [0.717, 1.165) is 70.4 Å². The molecule has 2 atom stereocenters. The summed E-state index contributed by atoms with van der Waals surface area (Å²) in [6.45, 7) is 3.67. The first-order chi connectivity index (χ1) is 15.4. The Morgan fingerprint density at radius 1 is 1.03 bits per heavy atom. The lowest BCUT2D eigenvalue weighted by Crippen LogP contribution is -2.50. The van der Waals surface area contributed by atoms with E-state index in [0.29, 0.717) is 30.2 Å². The second kappa shape index (κ2) is 8.50. The Morgan fingerprint density at radius 3 is 2.41 bits per heavy atom. The van der Waals surface area contributed by atoms with Crippen molar-refractivity contribution in [2.45, 2.75) is 57.4 Å². The normalized spacial score (nSPS) is 27.6. The first kappa shape index (κ1) is 21.4. The van der Waals surface area contributed by atoms with E-state index < -0.39 is 5.97 Å². The molecule has 2 saturated carbocycles. The van der Waals surface area contributed by atoms with Crippen molar-refractivity contribution in [3.05, 3.63) is 41.4 Å². The topological polar surface area (TPSA) is 72.9 Å². The molecule has 2 N–H and O–H groups in total. The van der Waals surface area contributed by atoms with Crippen LogP contribution < -0.4 is 10.2 Å². The number of piperazine rings is 1. The summed E-state index contributed by atoms with van der Waals surface area (Å²) >= 11 is 0. The molecule has 32 heavy (non-hydrogen) atoms. The van der Waals surface area contributed by atoms with Crippen LogP contribution >= 0.6 is 0 Å². The maximum atomic E-state index is 13.2. The molecule has 7 heteroatoms. The predicted octanol–water partition coefficient (Wildman–Crippen LogP) is 3.54. The van der Waals surface area contributed by atoms with Crippen molar-refractivity contribution < 1.29 is 19.1 Å². The number of carbonyl (C=O) groups excluding carboxylic acids is 1. The van der Waals surface area contributed by atoms with Crippen LogP contribution in [0, 0.1) is 17.2 Å². The Bertz CT molecular complexity index is 917. The second-order valence-electron chi connectivity index (χ2n) is 10.1. The number of carbonyl (C=O) groups is 2. The molecule has 6 nitrogen and oxygen atoms in total. The van der Waals surface area contributed by atoms with E-state index in [4.69, 9.17) is 0 Å². The smallest absolute Gasteiger partial charge is 0.333 e.